The molecule has 4 aromatic rings. The molecular formula is C44H61N11O6. The average Bonchev–Trinajstić information content (AvgIpc) is 4.04. The van der Waals surface area contributed by atoms with Gasteiger partial charge in [0.15, 0.2) is 5.82 Å². The molecule has 4 amide bonds. The number of aromatic nitrogens is 6. The highest BCUT2D eigenvalue weighted by molar-refractivity contribution is 6.00. The van der Waals surface area contributed by atoms with E-state index in [0.717, 1.165) is 112 Å². The molecule has 0 radical (unpaired) electrons. The molecule has 4 aliphatic rings. The molecule has 17 heteroatoms. The molecule has 4 N–H and O–H groups in total. The number of likely N-dealkylation sites (tertiary alicyclic amines) is 1. The number of benzene rings is 1. The van der Waals surface area contributed by atoms with Gasteiger partial charge in [0.25, 0.3) is 0 Å². The Bertz CT molecular complexity index is 2270. The summed E-state index contributed by atoms with van der Waals surface area (Å²) in [5.74, 6) is 0.472. The monoisotopic (exact) mass is 839 g/mol. The largest absolute Gasteiger partial charge is 0.446 e. The fraction of sp³-hybridized carbons (Fsp3) is 0.614. The normalized spacial score (nSPS) is 24.1. The number of ether oxygens (including phenoxy) is 1. The predicted molar refractivity (Wildman–Crippen MR) is 229 cm³/mol. The van der Waals surface area contributed by atoms with Crippen LogP contribution in [0.15, 0.2) is 41.5 Å². The van der Waals surface area contributed by atoms with E-state index in [1.165, 1.54) is 0 Å². The molecule has 0 spiro atoms. The lowest BCUT2D eigenvalue weighted by Gasteiger charge is -2.39. The van der Waals surface area contributed by atoms with E-state index >= 15 is 0 Å². The first kappa shape index (κ1) is 42.4. The third-order valence-corrected chi connectivity index (χ3v) is 13.4. The molecule has 1 unspecified atom stereocenters. The number of aromatic amines is 1. The van der Waals surface area contributed by atoms with Crippen molar-refractivity contribution in [3.05, 3.63) is 64.0 Å². The van der Waals surface area contributed by atoms with E-state index in [1.54, 1.807) is 22.4 Å². The van der Waals surface area contributed by atoms with Crippen LogP contribution in [0.4, 0.5) is 10.6 Å². The Morgan fingerprint density at radius 2 is 1.80 bits per heavy atom. The van der Waals surface area contributed by atoms with Crippen molar-refractivity contribution >= 4 is 40.7 Å². The Morgan fingerprint density at radius 3 is 2.56 bits per heavy atom. The number of hydrogen-bond donors (Lipinski definition) is 4. The van der Waals surface area contributed by atoms with Crippen LogP contribution in [0, 0.1) is 5.92 Å². The SMILES string of the molecule is CC(C)NC(=O)O[C@@H]1CC[C@H](c2cc(NC(=O)Cc3cnn(C4CCC(CN(C)C5CCN(Cc6cccc7c6n(C)c(=O)n7C6CCC(=O)NC6=O)CC5)CC4)c3)n[nH]2)C1. The number of piperidine rings is 2. The van der Waals surface area contributed by atoms with Crippen molar-refractivity contribution < 1.29 is 23.9 Å². The maximum absolute atomic E-state index is 13.4. The molecule has 0 bridgehead atoms. The van der Waals surface area contributed by atoms with Crippen LogP contribution in [-0.4, -0.2) is 108 Å². The standard InChI is InChI=1S/C44H61N11O6/c1-27(2)46-43(59)61-34-13-10-30(21-34)35-22-38(50-49-35)47-40(57)20-29-23-45-54(25-29)33-11-8-28(9-12-33)24-51(3)32-16-18-53(19-17-32)26-31-6-5-7-36-41(31)52(4)44(60)55(36)37-14-15-39(56)48-42(37)58/h5-7,22-23,25,27-28,30,32-34,37H,8-21,24,26H2,1-4H3,(H,46,59)(H,48,56,58)(H2,47,49,50,57)/t28?,30-,33?,34+,37?/m0/s1. The molecule has 1 aromatic carbocycles. The lowest BCUT2D eigenvalue weighted by molar-refractivity contribution is -0.135. The Morgan fingerprint density at radius 1 is 1.02 bits per heavy atom. The van der Waals surface area contributed by atoms with E-state index in [9.17, 15) is 24.0 Å². The molecule has 3 aromatic heterocycles. The number of H-pyrrole nitrogens is 1. The molecule has 8 rings (SSSR count). The summed E-state index contributed by atoms with van der Waals surface area (Å²) in [5.41, 5.74) is 4.23. The number of carbonyl (C=O) groups is 4. The van der Waals surface area contributed by atoms with Gasteiger partial charge in [-0.15, -0.1) is 0 Å². The molecular weight excluding hydrogens is 779 g/mol. The number of hydrogen-bond acceptors (Lipinski definition) is 10. The van der Waals surface area contributed by atoms with Crippen LogP contribution in [-0.2, 0) is 39.1 Å². The molecule has 2 saturated carbocycles. The van der Waals surface area contributed by atoms with Crippen LogP contribution in [0.1, 0.15) is 119 Å². The number of fused-ring (bicyclic) bond motifs is 1. The number of nitrogens with zero attached hydrogens (tertiary/aromatic N) is 7. The number of anilines is 1. The maximum Gasteiger partial charge on any atom is 0.407 e. The summed E-state index contributed by atoms with van der Waals surface area (Å²) in [4.78, 5) is 67.9. The quantitative estimate of drug-likeness (QED) is 0.139. The van der Waals surface area contributed by atoms with E-state index in [0.29, 0.717) is 30.2 Å². The average molecular weight is 840 g/mol. The molecule has 5 heterocycles. The van der Waals surface area contributed by atoms with Gasteiger partial charge in [-0.1, -0.05) is 12.1 Å². The number of imidazole rings is 1. The molecule has 2 saturated heterocycles. The van der Waals surface area contributed by atoms with Crippen molar-refractivity contribution in [3.8, 4) is 0 Å². The predicted octanol–water partition coefficient (Wildman–Crippen LogP) is 4.52. The van der Waals surface area contributed by atoms with Gasteiger partial charge in [-0.05, 0) is 121 Å². The smallest absolute Gasteiger partial charge is 0.407 e. The fourth-order valence-corrected chi connectivity index (χ4v) is 10.2. The minimum absolute atomic E-state index is 0.0281. The van der Waals surface area contributed by atoms with Gasteiger partial charge in [-0.25, -0.2) is 9.59 Å². The van der Waals surface area contributed by atoms with E-state index in [2.05, 4.69) is 54.2 Å². The van der Waals surface area contributed by atoms with Gasteiger partial charge >= 0.3 is 11.8 Å². The van der Waals surface area contributed by atoms with Gasteiger partial charge < -0.3 is 20.3 Å². The zero-order valence-corrected chi connectivity index (χ0v) is 35.9. The van der Waals surface area contributed by atoms with Crippen LogP contribution in [0.2, 0.25) is 0 Å². The van der Waals surface area contributed by atoms with Gasteiger partial charge in [0.1, 0.15) is 12.1 Å². The second-order valence-electron chi connectivity index (χ2n) is 18.2. The second kappa shape index (κ2) is 18.4. The third kappa shape index (κ3) is 9.77. The van der Waals surface area contributed by atoms with Crippen molar-refractivity contribution in [1.29, 1.82) is 0 Å². The number of carbonyl (C=O) groups excluding carboxylic acids is 4. The zero-order valence-electron chi connectivity index (χ0n) is 35.9. The van der Waals surface area contributed by atoms with Crippen LogP contribution in [0.25, 0.3) is 11.0 Å². The van der Waals surface area contributed by atoms with Crippen molar-refractivity contribution in [2.24, 2.45) is 13.0 Å². The topological polar surface area (TPSA) is 194 Å². The van der Waals surface area contributed by atoms with Crippen molar-refractivity contribution in [2.45, 2.75) is 134 Å². The summed E-state index contributed by atoms with van der Waals surface area (Å²) in [6.07, 6.45) is 13.0. The van der Waals surface area contributed by atoms with E-state index in [1.807, 2.05) is 42.9 Å². The van der Waals surface area contributed by atoms with Crippen LogP contribution in [0.3, 0.4) is 0 Å². The lowest BCUT2D eigenvalue weighted by atomic mass is 9.85. The van der Waals surface area contributed by atoms with Crippen LogP contribution >= 0.6 is 0 Å². The maximum atomic E-state index is 13.4. The Kier molecular flexibility index (Phi) is 12.8. The Balaban J connectivity index is 0.757. The van der Waals surface area contributed by atoms with Crippen molar-refractivity contribution in [3.63, 3.8) is 0 Å². The first-order chi connectivity index (χ1) is 29.4. The minimum atomic E-state index is -0.690. The number of rotatable bonds is 13. The zero-order chi connectivity index (χ0) is 42.8. The van der Waals surface area contributed by atoms with E-state index in [4.69, 9.17) is 4.74 Å². The summed E-state index contributed by atoms with van der Waals surface area (Å²) >= 11 is 0. The van der Waals surface area contributed by atoms with Crippen LogP contribution < -0.4 is 21.6 Å². The van der Waals surface area contributed by atoms with Gasteiger partial charge in [-0.3, -0.25) is 43.5 Å². The first-order valence-electron chi connectivity index (χ1n) is 22.2. The van der Waals surface area contributed by atoms with Gasteiger partial charge in [0.05, 0.1) is 29.7 Å². The second-order valence-corrected chi connectivity index (χ2v) is 18.2. The molecule has 17 nitrogen and oxygen atoms in total. The number of alkyl carbamates (subject to hydrolysis) is 1. The number of amides is 4. The highest BCUT2D eigenvalue weighted by atomic mass is 16.6. The highest BCUT2D eigenvalue weighted by Crippen LogP contribution is 2.36. The summed E-state index contributed by atoms with van der Waals surface area (Å²) in [6, 6.07) is 8.00. The Labute approximate surface area is 355 Å². The first-order valence-corrected chi connectivity index (χ1v) is 22.2. The summed E-state index contributed by atoms with van der Waals surface area (Å²) in [7, 11) is 4.03. The molecule has 328 valence electrons. The number of aryl methyl sites for hydroxylation is 1. The molecule has 2 aliphatic heterocycles. The van der Waals surface area contributed by atoms with E-state index in [-0.39, 0.29) is 54.5 Å². The summed E-state index contributed by atoms with van der Waals surface area (Å²) < 4.78 is 10.8. The number of para-hydroxylation sites is 1. The van der Waals surface area contributed by atoms with Gasteiger partial charge in [0, 0.05) is 62.5 Å². The van der Waals surface area contributed by atoms with Gasteiger partial charge in [0.2, 0.25) is 17.7 Å². The number of imide groups is 1. The third-order valence-electron chi connectivity index (χ3n) is 13.4. The molecule has 61 heavy (non-hydrogen) atoms. The minimum Gasteiger partial charge on any atom is -0.446 e. The van der Waals surface area contributed by atoms with Crippen molar-refractivity contribution in [2.75, 3.05) is 32.0 Å². The fourth-order valence-electron chi connectivity index (χ4n) is 10.2. The molecule has 3 atom stereocenters. The van der Waals surface area contributed by atoms with E-state index < -0.39 is 11.9 Å². The summed E-state index contributed by atoms with van der Waals surface area (Å²) in [5, 5.41) is 20.1. The van der Waals surface area contributed by atoms with Crippen molar-refractivity contribution in [1.82, 2.24) is 49.5 Å². The van der Waals surface area contributed by atoms with Crippen LogP contribution in [0.5, 0.6) is 0 Å². The molecule has 4 fully saturated rings. The summed E-state index contributed by atoms with van der Waals surface area (Å²) in [6.45, 7) is 7.56. The van der Waals surface area contributed by atoms with Gasteiger partial charge in [-0.2, -0.15) is 10.2 Å². The lowest BCUT2D eigenvalue weighted by Crippen LogP contribution is -2.44. The highest BCUT2D eigenvalue weighted by Gasteiger charge is 2.33. The number of nitrogens with one attached hydrogen (secondary N) is 4. The molecule has 2 aliphatic carbocycles. The Hall–Kier alpha value is -5.29.